The quantitative estimate of drug-likeness (QED) is 0.800. The fraction of sp³-hybridized carbons (Fsp3) is 0.176. The van der Waals surface area contributed by atoms with Crippen molar-refractivity contribution in [1.82, 2.24) is 15.2 Å². The van der Waals surface area contributed by atoms with Gasteiger partial charge < -0.3 is 9.47 Å². The van der Waals surface area contributed by atoms with Gasteiger partial charge in [0.2, 0.25) is 0 Å². The van der Waals surface area contributed by atoms with Gasteiger partial charge in [0.1, 0.15) is 0 Å². The lowest BCUT2D eigenvalue weighted by Crippen LogP contribution is -1.91. The number of H-pyrrole nitrogens is 1. The molecule has 3 aromatic rings. The van der Waals surface area contributed by atoms with E-state index in [0.717, 1.165) is 11.1 Å². The van der Waals surface area contributed by atoms with E-state index in [1.165, 1.54) is 5.56 Å². The third kappa shape index (κ3) is 2.65. The van der Waals surface area contributed by atoms with E-state index in [4.69, 9.17) is 9.47 Å². The van der Waals surface area contributed by atoms with E-state index in [2.05, 4.69) is 21.2 Å². The molecule has 112 valence electrons. The van der Waals surface area contributed by atoms with E-state index in [9.17, 15) is 0 Å². The zero-order valence-electron chi connectivity index (χ0n) is 12.8. The summed E-state index contributed by atoms with van der Waals surface area (Å²) in [4.78, 5) is 4.56. The minimum atomic E-state index is 0.661. The van der Waals surface area contributed by atoms with Gasteiger partial charge in [-0.3, -0.25) is 5.10 Å². The number of nitrogens with one attached hydrogen (secondary N) is 1. The van der Waals surface area contributed by atoms with Crippen molar-refractivity contribution >= 4 is 0 Å². The summed E-state index contributed by atoms with van der Waals surface area (Å²) in [6.45, 7) is 2.05. The minimum absolute atomic E-state index is 0.661. The Hall–Kier alpha value is -2.82. The fourth-order valence-corrected chi connectivity index (χ4v) is 2.29. The number of aromatic nitrogens is 3. The molecule has 0 aliphatic heterocycles. The van der Waals surface area contributed by atoms with E-state index in [1.807, 2.05) is 43.3 Å². The highest BCUT2D eigenvalue weighted by atomic mass is 16.5. The van der Waals surface area contributed by atoms with Crippen molar-refractivity contribution in [2.45, 2.75) is 6.92 Å². The van der Waals surface area contributed by atoms with E-state index in [1.54, 1.807) is 14.2 Å². The molecule has 0 spiro atoms. The molecule has 1 aromatic heterocycles. The molecule has 1 N–H and O–H groups in total. The monoisotopic (exact) mass is 295 g/mol. The second-order valence-electron chi connectivity index (χ2n) is 4.95. The zero-order valence-corrected chi connectivity index (χ0v) is 12.8. The first-order chi connectivity index (χ1) is 10.7. The number of methoxy groups -OCH3 is 2. The number of ether oxygens (including phenoxy) is 2. The Bertz CT molecular complexity index is 796. The Labute approximate surface area is 128 Å². The average Bonchev–Trinajstić information content (AvgIpc) is 3.04. The van der Waals surface area contributed by atoms with Crippen LogP contribution in [0.1, 0.15) is 5.56 Å². The zero-order chi connectivity index (χ0) is 15.5. The predicted octanol–water partition coefficient (Wildman–Crippen LogP) is 3.46. The summed E-state index contributed by atoms with van der Waals surface area (Å²) in [6.07, 6.45) is 0. The lowest BCUT2D eigenvalue weighted by Gasteiger charge is -2.07. The Balaban J connectivity index is 1.97. The van der Waals surface area contributed by atoms with Crippen molar-refractivity contribution in [1.29, 1.82) is 0 Å². The van der Waals surface area contributed by atoms with Gasteiger partial charge in [-0.25, -0.2) is 4.98 Å². The molecule has 0 saturated carbocycles. The maximum Gasteiger partial charge on any atom is 0.181 e. The summed E-state index contributed by atoms with van der Waals surface area (Å²) in [5.74, 6) is 2.71. The van der Waals surface area contributed by atoms with Crippen molar-refractivity contribution in [3.63, 3.8) is 0 Å². The molecular weight excluding hydrogens is 278 g/mol. The van der Waals surface area contributed by atoms with Gasteiger partial charge in [-0.2, -0.15) is 5.10 Å². The van der Waals surface area contributed by atoms with Gasteiger partial charge in [-0.05, 0) is 31.2 Å². The summed E-state index contributed by atoms with van der Waals surface area (Å²) in [7, 11) is 3.22. The standard InChI is InChI=1S/C17H17N3O2/c1-11-5-4-6-12(9-11)16-18-17(20-19-16)13-7-8-14(21-2)15(10-13)22-3/h4-10H,1-3H3,(H,18,19,20). The molecule has 0 atom stereocenters. The summed E-state index contributed by atoms with van der Waals surface area (Å²) in [5, 5.41) is 7.27. The molecule has 1 heterocycles. The fourth-order valence-electron chi connectivity index (χ4n) is 2.29. The van der Waals surface area contributed by atoms with Crippen LogP contribution in [0.25, 0.3) is 22.8 Å². The second-order valence-corrected chi connectivity index (χ2v) is 4.95. The molecule has 22 heavy (non-hydrogen) atoms. The number of aromatic amines is 1. The van der Waals surface area contributed by atoms with Crippen LogP contribution < -0.4 is 9.47 Å². The van der Waals surface area contributed by atoms with E-state index in [0.29, 0.717) is 23.1 Å². The highest BCUT2D eigenvalue weighted by molar-refractivity contribution is 5.64. The van der Waals surface area contributed by atoms with Crippen LogP contribution in [0.2, 0.25) is 0 Å². The van der Waals surface area contributed by atoms with E-state index in [-0.39, 0.29) is 0 Å². The Kier molecular flexibility index (Phi) is 3.78. The van der Waals surface area contributed by atoms with E-state index < -0.39 is 0 Å². The molecule has 0 fully saturated rings. The molecule has 0 aliphatic carbocycles. The SMILES string of the molecule is COc1ccc(-c2nc(-c3cccc(C)c3)n[nH]2)cc1OC. The van der Waals surface area contributed by atoms with Gasteiger partial charge in [-0.15, -0.1) is 0 Å². The van der Waals surface area contributed by atoms with Crippen LogP contribution in [0.15, 0.2) is 42.5 Å². The smallest absolute Gasteiger partial charge is 0.181 e. The van der Waals surface area contributed by atoms with Crippen molar-refractivity contribution in [2.75, 3.05) is 14.2 Å². The number of rotatable bonds is 4. The average molecular weight is 295 g/mol. The number of aryl methyl sites for hydroxylation is 1. The molecule has 0 bridgehead atoms. The van der Waals surface area contributed by atoms with Crippen LogP contribution in [0.5, 0.6) is 11.5 Å². The van der Waals surface area contributed by atoms with Crippen LogP contribution in [0.3, 0.4) is 0 Å². The van der Waals surface area contributed by atoms with Gasteiger partial charge in [0, 0.05) is 11.1 Å². The van der Waals surface area contributed by atoms with Crippen molar-refractivity contribution in [3.05, 3.63) is 48.0 Å². The molecular formula is C17H17N3O2. The molecule has 0 unspecified atom stereocenters. The lowest BCUT2D eigenvalue weighted by atomic mass is 10.1. The number of hydrogen-bond acceptors (Lipinski definition) is 4. The molecule has 0 aliphatic rings. The molecule has 0 saturated heterocycles. The molecule has 3 rings (SSSR count). The predicted molar refractivity (Wildman–Crippen MR) is 85.1 cm³/mol. The van der Waals surface area contributed by atoms with Crippen LogP contribution in [0, 0.1) is 6.92 Å². The van der Waals surface area contributed by atoms with Gasteiger partial charge in [0.05, 0.1) is 14.2 Å². The third-order valence-corrected chi connectivity index (χ3v) is 3.42. The molecule has 5 heteroatoms. The molecule has 0 radical (unpaired) electrons. The van der Waals surface area contributed by atoms with Crippen LogP contribution in [0.4, 0.5) is 0 Å². The van der Waals surface area contributed by atoms with Gasteiger partial charge >= 0.3 is 0 Å². The van der Waals surface area contributed by atoms with Crippen LogP contribution in [-0.2, 0) is 0 Å². The normalized spacial score (nSPS) is 10.5. The van der Waals surface area contributed by atoms with Gasteiger partial charge in [0.15, 0.2) is 23.1 Å². The van der Waals surface area contributed by atoms with Crippen LogP contribution >= 0.6 is 0 Å². The highest BCUT2D eigenvalue weighted by Gasteiger charge is 2.11. The Morgan fingerprint density at radius 3 is 2.45 bits per heavy atom. The summed E-state index contributed by atoms with van der Waals surface area (Å²) < 4.78 is 10.6. The second kappa shape index (κ2) is 5.89. The number of benzene rings is 2. The highest BCUT2D eigenvalue weighted by Crippen LogP contribution is 2.31. The van der Waals surface area contributed by atoms with Gasteiger partial charge in [-0.1, -0.05) is 23.8 Å². The summed E-state index contributed by atoms with van der Waals surface area (Å²) in [5.41, 5.74) is 3.06. The van der Waals surface area contributed by atoms with Crippen molar-refractivity contribution < 1.29 is 9.47 Å². The summed E-state index contributed by atoms with van der Waals surface area (Å²) >= 11 is 0. The minimum Gasteiger partial charge on any atom is -0.493 e. The van der Waals surface area contributed by atoms with E-state index >= 15 is 0 Å². The number of nitrogens with zero attached hydrogens (tertiary/aromatic N) is 2. The largest absolute Gasteiger partial charge is 0.493 e. The number of hydrogen-bond donors (Lipinski definition) is 1. The maximum atomic E-state index is 5.32. The Morgan fingerprint density at radius 1 is 0.909 bits per heavy atom. The van der Waals surface area contributed by atoms with Crippen LogP contribution in [-0.4, -0.2) is 29.4 Å². The first-order valence-electron chi connectivity index (χ1n) is 6.93. The first-order valence-corrected chi connectivity index (χ1v) is 6.93. The third-order valence-electron chi connectivity index (χ3n) is 3.42. The topological polar surface area (TPSA) is 60.0 Å². The Morgan fingerprint density at radius 2 is 1.73 bits per heavy atom. The lowest BCUT2D eigenvalue weighted by molar-refractivity contribution is 0.355. The molecule has 0 amide bonds. The van der Waals surface area contributed by atoms with Crippen molar-refractivity contribution in [2.24, 2.45) is 0 Å². The van der Waals surface area contributed by atoms with Crippen molar-refractivity contribution in [3.8, 4) is 34.3 Å². The molecule has 5 nitrogen and oxygen atoms in total. The first kappa shape index (κ1) is 14.1. The summed E-state index contributed by atoms with van der Waals surface area (Å²) in [6, 6.07) is 13.7. The maximum absolute atomic E-state index is 5.32. The van der Waals surface area contributed by atoms with Gasteiger partial charge in [0.25, 0.3) is 0 Å². The molecule has 2 aromatic carbocycles.